The third kappa shape index (κ3) is 3.47. The van der Waals surface area contributed by atoms with Crippen molar-refractivity contribution in [2.45, 2.75) is 12.7 Å². The molecule has 0 saturated carbocycles. The summed E-state index contributed by atoms with van der Waals surface area (Å²) in [6.45, 7) is -6.23. The zero-order valence-corrected chi connectivity index (χ0v) is 15.8. The van der Waals surface area contributed by atoms with Crippen LogP contribution in [0.2, 0.25) is 0 Å². The molecule has 30 heavy (non-hydrogen) atoms. The summed E-state index contributed by atoms with van der Waals surface area (Å²) in [5, 5.41) is 11.5. The van der Waals surface area contributed by atoms with E-state index in [0.717, 1.165) is 23.5 Å². The Morgan fingerprint density at radius 1 is 1.13 bits per heavy atom. The van der Waals surface area contributed by atoms with Gasteiger partial charge in [-0.15, -0.1) is 10.2 Å². The van der Waals surface area contributed by atoms with E-state index in [0.29, 0.717) is 15.8 Å². The fourth-order valence-electron chi connectivity index (χ4n) is 3.08. The number of pyridine rings is 1. The molecule has 0 aliphatic carbocycles. The number of rotatable bonds is 4. The number of benzene rings is 1. The van der Waals surface area contributed by atoms with Crippen molar-refractivity contribution in [1.29, 1.82) is 0 Å². The molecule has 0 radical (unpaired) electrons. The number of aromatic nitrogens is 5. The quantitative estimate of drug-likeness (QED) is 0.558. The lowest BCUT2D eigenvalue weighted by molar-refractivity contribution is 0.102. The van der Waals surface area contributed by atoms with Crippen molar-refractivity contribution in [2.75, 3.05) is 23.2 Å². The Labute approximate surface area is 184 Å². The number of amides is 1. The first-order valence-electron chi connectivity index (χ1n) is 13.0. The molecule has 8 heteroatoms. The van der Waals surface area contributed by atoms with E-state index >= 15 is 0 Å². The minimum Gasteiger partial charge on any atom is -0.357 e. The van der Waals surface area contributed by atoms with Gasteiger partial charge in [0.15, 0.2) is 5.82 Å². The van der Waals surface area contributed by atoms with E-state index in [1.54, 1.807) is 24.7 Å². The highest BCUT2D eigenvalue weighted by Gasteiger charge is 2.16. The average Bonchev–Trinajstić information content (AvgIpc) is 3.31. The van der Waals surface area contributed by atoms with Gasteiger partial charge in [0.05, 0.1) is 23.7 Å². The van der Waals surface area contributed by atoms with Crippen LogP contribution in [-0.4, -0.2) is 43.6 Å². The molecular weight excluding hydrogens is 378 g/mol. The van der Waals surface area contributed by atoms with Crippen LogP contribution in [0.3, 0.4) is 0 Å². The van der Waals surface area contributed by atoms with Gasteiger partial charge in [0.1, 0.15) is 5.82 Å². The smallest absolute Gasteiger partial charge is 0.257 e. The number of anilines is 2. The van der Waals surface area contributed by atoms with Gasteiger partial charge in [-0.05, 0) is 43.1 Å². The van der Waals surface area contributed by atoms with E-state index in [2.05, 4.69) is 25.5 Å². The van der Waals surface area contributed by atoms with Gasteiger partial charge < -0.3 is 14.8 Å². The number of imidazole rings is 1. The summed E-state index contributed by atoms with van der Waals surface area (Å²) in [6, 6.07) is 9.55. The second-order valence-corrected chi connectivity index (χ2v) is 6.56. The lowest BCUT2D eigenvalue weighted by atomic mass is 10.1. The fraction of sp³-hybridized carbons (Fsp3) is 0.227. The van der Waals surface area contributed by atoms with Crippen molar-refractivity contribution in [1.82, 2.24) is 24.7 Å². The predicted octanol–water partition coefficient (Wildman–Crippen LogP) is 3.28. The summed E-state index contributed by atoms with van der Waals surface area (Å²) >= 11 is 0. The molecule has 0 unspecified atom stereocenters. The number of carbonyl (C=O) groups excluding carboxylic acids is 1. The molecule has 1 saturated heterocycles. The maximum atomic E-state index is 13.0. The summed E-state index contributed by atoms with van der Waals surface area (Å²) < 4.78 is 66.4. The second kappa shape index (κ2) is 7.55. The Morgan fingerprint density at radius 3 is 2.80 bits per heavy atom. The first-order valence-corrected chi connectivity index (χ1v) is 9.00. The van der Waals surface area contributed by atoms with Crippen LogP contribution in [-0.2, 0) is 7.05 Å². The van der Waals surface area contributed by atoms with Crippen LogP contribution in [0.5, 0.6) is 0 Å². The van der Waals surface area contributed by atoms with E-state index in [1.807, 2.05) is 23.7 Å². The molecule has 1 amide bonds. The Morgan fingerprint density at radius 2 is 2.00 bits per heavy atom. The molecule has 8 nitrogen and oxygen atoms in total. The molecule has 0 atom stereocenters. The molecule has 3 aromatic heterocycles. The summed E-state index contributed by atoms with van der Waals surface area (Å²) in [7, 11) is 1.87. The van der Waals surface area contributed by atoms with Crippen molar-refractivity contribution >= 4 is 28.4 Å². The maximum absolute atomic E-state index is 13.0. The van der Waals surface area contributed by atoms with E-state index in [-0.39, 0.29) is 11.4 Å². The molecule has 150 valence electrons. The van der Waals surface area contributed by atoms with Gasteiger partial charge in [0, 0.05) is 53.7 Å². The molecule has 1 fully saturated rings. The van der Waals surface area contributed by atoms with E-state index in [1.165, 1.54) is 6.07 Å². The van der Waals surface area contributed by atoms with Crippen molar-refractivity contribution in [3.8, 4) is 11.3 Å². The summed E-state index contributed by atoms with van der Waals surface area (Å²) in [5.74, 6) is -0.998. The van der Waals surface area contributed by atoms with Crippen LogP contribution < -0.4 is 10.2 Å². The van der Waals surface area contributed by atoms with Crippen molar-refractivity contribution in [2.24, 2.45) is 7.05 Å². The first kappa shape index (κ1) is 11.4. The zero-order valence-electron chi connectivity index (χ0n) is 23.8. The number of aryl methyl sites for hydroxylation is 1. The first-order chi connectivity index (χ1) is 17.7. The largest absolute Gasteiger partial charge is 0.357 e. The summed E-state index contributed by atoms with van der Waals surface area (Å²) in [6.07, 6.45) is -1.91. The number of nitrogens with zero attached hydrogens (tertiary/aromatic N) is 6. The Hall–Kier alpha value is -3.81. The summed E-state index contributed by atoms with van der Waals surface area (Å²) in [4.78, 5) is 21.4. The predicted molar refractivity (Wildman–Crippen MR) is 115 cm³/mol. The second-order valence-electron chi connectivity index (χ2n) is 6.56. The van der Waals surface area contributed by atoms with Gasteiger partial charge >= 0.3 is 0 Å². The molecule has 0 spiro atoms. The van der Waals surface area contributed by atoms with Gasteiger partial charge in [0.2, 0.25) is 0 Å². The van der Waals surface area contributed by atoms with Crippen LogP contribution in [0, 0.1) is 0 Å². The van der Waals surface area contributed by atoms with E-state index in [4.69, 9.17) is 11.0 Å². The molecular formula is C22H21N7O. The van der Waals surface area contributed by atoms with Crippen molar-refractivity contribution < 1.29 is 15.8 Å². The average molecular weight is 408 g/mol. The van der Waals surface area contributed by atoms with Gasteiger partial charge in [0.25, 0.3) is 5.91 Å². The molecule has 4 heterocycles. The number of hydrogen-bond acceptors (Lipinski definition) is 6. The Balaban J connectivity index is 1.45. The highest BCUT2D eigenvalue weighted by atomic mass is 16.1. The number of carbonyl (C=O) groups is 1. The van der Waals surface area contributed by atoms with Crippen LogP contribution in [0.4, 0.5) is 11.6 Å². The fourth-order valence-corrected chi connectivity index (χ4v) is 3.08. The van der Waals surface area contributed by atoms with Gasteiger partial charge in [-0.25, -0.2) is 9.97 Å². The van der Waals surface area contributed by atoms with Crippen molar-refractivity contribution in [3.63, 3.8) is 0 Å². The Kier molecular flexibility index (Phi) is 2.87. The molecule has 1 aromatic carbocycles. The monoisotopic (exact) mass is 407 g/mol. The van der Waals surface area contributed by atoms with Crippen LogP contribution in [0.25, 0.3) is 22.2 Å². The van der Waals surface area contributed by atoms with Crippen LogP contribution in [0.15, 0.2) is 55.1 Å². The van der Waals surface area contributed by atoms with Gasteiger partial charge in [-0.2, -0.15) is 0 Å². The molecule has 4 aromatic rings. The summed E-state index contributed by atoms with van der Waals surface area (Å²) in [5.41, 5.74) is 2.31. The molecule has 0 bridgehead atoms. The normalized spacial score (nSPS) is 24.4. The van der Waals surface area contributed by atoms with E-state index < -0.39 is 37.5 Å². The van der Waals surface area contributed by atoms with E-state index in [9.17, 15) is 4.79 Å². The topological polar surface area (TPSA) is 88.8 Å². The zero-order chi connectivity index (χ0) is 27.7. The molecule has 1 aliphatic rings. The van der Waals surface area contributed by atoms with Crippen LogP contribution >= 0.6 is 0 Å². The lowest BCUT2D eigenvalue weighted by Gasteiger charge is -2.16. The third-order valence-electron chi connectivity index (χ3n) is 4.57. The number of nitrogens with one attached hydrogen (secondary N) is 1. The third-order valence-corrected chi connectivity index (χ3v) is 4.57. The lowest BCUT2D eigenvalue weighted by Crippen LogP contribution is -2.20. The molecule has 1 N–H and O–H groups in total. The standard InChI is InChI=1S/C22H21N7O/c1-28-14-23-13-19(28)15-4-5-18-17(10-15)11-20(27-26-18)25-22(30)16-6-7-24-21(12-16)29-8-2-3-9-29/h4-7,10-14H,2-3,8-9H2,1H3,(H,25,27,30)/i2D2,3D2,8D2,9D2. The van der Waals surface area contributed by atoms with Crippen LogP contribution in [0.1, 0.15) is 34.1 Å². The Bertz CT molecular complexity index is 1550. The van der Waals surface area contributed by atoms with Crippen molar-refractivity contribution in [3.05, 3.63) is 60.7 Å². The molecule has 5 rings (SSSR count). The van der Waals surface area contributed by atoms with Gasteiger partial charge in [-0.3, -0.25) is 4.79 Å². The number of fused-ring (bicyclic) bond motifs is 1. The highest BCUT2D eigenvalue weighted by molar-refractivity contribution is 6.04. The minimum atomic E-state index is -3.22. The van der Waals surface area contributed by atoms with Gasteiger partial charge in [-0.1, -0.05) is 6.07 Å². The molecule has 1 aliphatic heterocycles. The minimum absolute atomic E-state index is 0.0554. The highest BCUT2D eigenvalue weighted by Crippen LogP contribution is 2.24. The SMILES string of the molecule is [2H]C1([2H])N(c2cc(C(=O)Nc3cc4cc(-c5cncn5C)ccc4nn3)ccn2)C([2H])([2H])C([2H])([2H])C1([2H])[2H]. The maximum Gasteiger partial charge on any atom is 0.257 e. The number of hydrogen-bond donors (Lipinski definition) is 1.